The summed E-state index contributed by atoms with van der Waals surface area (Å²) >= 11 is 0. The zero-order valence-electron chi connectivity index (χ0n) is 12.8. The van der Waals surface area contributed by atoms with Crippen LogP contribution in [0.15, 0.2) is 4.90 Å². The van der Waals surface area contributed by atoms with Gasteiger partial charge in [0, 0.05) is 20.1 Å². The summed E-state index contributed by atoms with van der Waals surface area (Å²) in [5, 5.41) is 13.4. The van der Waals surface area contributed by atoms with E-state index in [-0.39, 0.29) is 18.0 Å². The van der Waals surface area contributed by atoms with Crippen molar-refractivity contribution in [3.05, 3.63) is 11.4 Å². The SMILES string of the molecule is Cc1nn(C)c(C)c1S(=O)(=O)N1CCC(C)(C(=O)O)CC1. The second-order valence-electron chi connectivity index (χ2n) is 5.89. The first kappa shape index (κ1) is 16.0. The average Bonchev–Trinajstić information content (AvgIpc) is 2.64. The van der Waals surface area contributed by atoms with Crippen molar-refractivity contribution in [3.63, 3.8) is 0 Å². The van der Waals surface area contributed by atoms with Gasteiger partial charge in [-0.15, -0.1) is 0 Å². The summed E-state index contributed by atoms with van der Waals surface area (Å²) in [7, 11) is -1.91. The standard InChI is InChI=1S/C13H21N3O4S/c1-9-11(10(2)15(4)14-9)21(19,20)16-7-5-13(3,6-8-16)12(17)18/h5-8H2,1-4H3,(H,17,18). The molecule has 0 aliphatic carbocycles. The summed E-state index contributed by atoms with van der Waals surface area (Å²) in [5.74, 6) is -0.867. The molecule has 0 atom stereocenters. The van der Waals surface area contributed by atoms with E-state index >= 15 is 0 Å². The monoisotopic (exact) mass is 315 g/mol. The molecule has 1 fully saturated rings. The maximum Gasteiger partial charge on any atom is 0.309 e. The Labute approximate surface area is 124 Å². The number of hydrogen-bond acceptors (Lipinski definition) is 4. The summed E-state index contributed by atoms with van der Waals surface area (Å²) in [6.45, 7) is 5.50. The van der Waals surface area contributed by atoms with Gasteiger partial charge in [-0.1, -0.05) is 0 Å². The van der Waals surface area contributed by atoms with Gasteiger partial charge in [0.05, 0.1) is 16.8 Å². The highest BCUT2D eigenvalue weighted by molar-refractivity contribution is 7.89. The molecule has 21 heavy (non-hydrogen) atoms. The zero-order valence-corrected chi connectivity index (χ0v) is 13.6. The van der Waals surface area contributed by atoms with Crippen molar-refractivity contribution >= 4 is 16.0 Å². The van der Waals surface area contributed by atoms with Crippen LogP contribution in [0, 0.1) is 19.3 Å². The van der Waals surface area contributed by atoms with Crippen LogP contribution in [0.5, 0.6) is 0 Å². The van der Waals surface area contributed by atoms with E-state index in [2.05, 4.69) is 5.10 Å². The maximum absolute atomic E-state index is 12.7. The maximum atomic E-state index is 12.7. The highest BCUT2D eigenvalue weighted by atomic mass is 32.2. The van der Waals surface area contributed by atoms with Crippen LogP contribution >= 0.6 is 0 Å². The first-order chi connectivity index (χ1) is 9.59. The smallest absolute Gasteiger partial charge is 0.309 e. The highest BCUT2D eigenvalue weighted by Crippen LogP contribution is 2.34. The molecule has 7 nitrogen and oxygen atoms in total. The van der Waals surface area contributed by atoms with Crippen LogP contribution in [0.4, 0.5) is 0 Å². The lowest BCUT2D eigenvalue weighted by Crippen LogP contribution is -2.45. The van der Waals surface area contributed by atoms with Gasteiger partial charge >= 0.3 is 5.97 Å². The zero-order chi connectivity index (χ0) is 16.0. The van der Waals surface area contributed by atoms with Crippen molar-refractivity contribution in [2.24, 2.45) is 12.5 Å². The number of hydrogen-bond donors (Lipinski definition) is 1. The molecule has 0 radical (unpaired) electrons. The van der Waals surface area contributed by atoms with Gasteiger partial charge in [-0.2, -0.15) is 9.40 Å². The van der Waals surface area contributed by atoms with Crippen LogP contribution < -0.4 is 0 Å². The summed E-state index contributed by atoms with van der Waals surface area (Å²) < 4.78 is 28.4. The topological polar surface area (TPSA) is 92.5 Å². The molecule has 0 bridgehead atoms. The Morgan fingerprint density at radius 3 is 2.19 bits per heavy atom. The van der Waals surface area contributed by atoms with Gasteiger partial charge in [0.25, 0.3) is 0 Å². The molecule has 1 aliphatic rings. The molecule has 2 heterocycles. The molecule has 0 saturated carbocycles. The molecule has 118 valence electrons. The van der Waals surface area contributed by atoms with Crippen LogP contribution in [-0.4, -0.2) is 46.7 Å². The molecule has 1 aromatic rings. The van der Waals surface area contributed by atoms with Crippen molar-refractivity contribution in [1.82, 2.24) is 14.1 Å². The quantitative estimate of drug-likeness (QED) is 0.895. The summed E-state index contributed by atoms with van der Waals surface area (Å²) in [6, 6.07) is 0. The van der Waals surface area contributed by atoms with Crippen molar-refractivity contribution in [1.29, 1.82) is 0 Å². The Hall–Kier alpha value is -1.41. The van der Waals surface area contributed by atoms with Crippen LogP contribution in [0.25, 0.3) is 0 Å². The van der Waals surface area contributed by atoms with Crippen molar-refractivity contribution in [2.75, 3.05) is 13.1 Å². The number of sulfonamides is 1. The number of carboxylic acid groups (broad SMARTS) is 1. The normalized spacial score (nSPS) is 19.6. The number of nitrogens with zero attached hydrogens (tertiary/aromatic N) is 3. The number of aromatic nitrogens is 2. The third kappa shape index (κ3) is 2.57. The molecular weight excluding hydrogens is 294 g/mol. The lowest BCUT2D eigenvalue weighted by molar-refractivity contribution is -0.150. The van der Waals surface area contributed by atoms with Gasteiger partial charge in [0.15, 0.2) is 0 Å². The van der Waals surface area contributed by atoms with Gasteiger partial charge in [0.2, 0.25) is 10.0 Å². The second kappa shape index (κ2) is 5.10. The average molecular weight is 315 g/mol. The minimum Gasteiger partial charge on any atom is -0.481 e. The van der Waals surface area contributed by atoms with Gasteiger partial charge in [-0.3, -0.25) is 9.48 Å². The highest BCUT2D eigenvalue weighted by Gasteiger charge is 2.41. The van der Waals surface area contributed by atoms with E-state index in [1.165, 1.54) is 4.31 Å². The molecular formula is C13H21N3O4S. The molecule has 1 aromatic heterocycles. The van der Waals surface area contributed by atoms with Crippen molar-refractivity contribution in [2.45, 2.75) is 38.5 Å². The number of piperidine rings is 1. The molecule has 1 aliphatic heterocycles. The van der Waals surface area contributed by atoms with Gasteiger partial charge in [-0.25, -0.2) is 8.42 Å². The van der Waals surface area contributed by atoms with Crippen LogP contribution in [-0.2, 0) is 21.9 Å². The molecule has 8 heteroatoms. The van der Waals surface area contributed by atoms with Crippen LogP contribution in [0.1, 0.15) is 31.2 Å². The Morgan fingerprint density at radius 2 is 1.81 bits per heavy atom. The number of aryl methyl sites for hydroxylation is 2. The number of carbonyl (C=O) groups is 1. The summed E-state index contributed by atoms with van der Waals surface area (Å²) in [4.78, 5) is 11.5. The lowest BCUT2D eigenvalue weighted by Gasteiger charge is -2.35. The second-order valence-corrected chi connectivity index (χ2v) is 7.77. The van der Waals surface area contributed by atoms with Crippen molar-refractivity contribution in [3.8, 4) is 0 Å². The predicted octanol–water partition coefficient (Wildman–Crippen LogP) is 0.912. The van der Waals surface area contributed by atoms with E-state index in [9.17, 15) is 18.3 Å². The Bertz CT molecular complexity index is 670. The molecule has 0 unspecified atom stereocenters. The Balaban J connectivity index is 2.29. The van der Waals surface area contributed by atoms with E-state index in [4.69, 9.17) is 0 Å². The first-order valence-electron chi connectivity index (χ1n) is 6.83. The summed E-state index contributed by atoms with van der Waals surface area (Å²) in [6.07, 6.45) is 0.639. The van der Waals surface area contributed by atoms with Gasteiger partial charge < -0.3 is 5.11 Å². The molecule has 0 amide bonds. The largest absolute Gasteiger partial charge is 0.481 e. The Morgan fingerprint density at radius 1 is 1.29 bits per heavy atom. The minimum absolute atomic E-state index is 0.221. The van der Waals surface area contributed by atoms with E-state index in [1.54, 1.807) is 32.5 Å². The molecule has 1 N–H and O–H groups in total. The fraction of sp³-hybridized carbons (Fsp3) is 0.692. The van der Waals surface area contributed by atoms with Gasteiger partial charge in [0.1, 0.15) is 4.90 Å². The molecule has 1 saturated heterocycles. The molecule has 0 aromatic carbocycles. The van der Waals surface area contributed by atoms with E-state index in [0.717, 1.165) is 0 Å². The van der Waals surface area contributed by atoms with Crippen LogP contribution in [0.2, 0.25) is 0 Å². The van der Waals surface area contributed by atoms with E-state index in [1.807, 2.05) is 0 Å². The van der Waals surface area contributed by atoms with Crippen LogP contribution in [0.3, 0.4) is 0 Å². The third-order valence-electron chi connectivity index (χ3n) is 4.38. The number of carboxylic acids is 1. The fourth-order valence-electron chi connectivity index (χ4n) is 2.69. The Kier molecular flexibility index (Phi) is 3.88. The third-order valence-corrected chi connectivity index (χ3v) is 6.53. The van der Waals surface area contributed by atoms with Crippen molar-refractivity contribution < 1.29 is 18.3 Å². The minimum atomic E-state index is -3.62. The van der Waals surface area contributed by atoms with E-state index in [0.29, 0.717) is 24.2 Å². The predicted molar refractivity (Wildman–Crippen MR) is 76.4 cm³/mol. The van der Waals surface area contributed by atoms with Gasteiger partial charge in [-0.05, 0) is 33.6 Å². The number of rotatable bonds is 3. The summed E-state index contributed by atoms with van der Waals surface area (Å²) in [5.41, 5.74) is 0.228. The lowest BCUT2D eigenvalue weighted by atomic mass is 9.81. The first-order valence-corrected chi connectivity index (χ1v) is 8.27. The molecule has 0 spiro atoms. The molecule has 2 rings (SSSR count). The van der Waals surface area contributed by atoms with E-state index < -0.39 is 21.4 Å². The fourth-order valence-corrected chi connectivity index (χ4v) is 4.53. The number of aliphatic carboxylic acids is 1.